The average Bonchev–Trinajstić information content (AvgIpc) is 2.62. The second kappa shape index (κ2) is 9.71. The van der Waals surface area contributed by atoms with Crippen LogP contribution in [0.5, 0.6) is 0 Å². The van der Waals surface area contributed by atoms with Crippen LogP contribution in [0.1, 0.15) is 46.6 Å². The molecule has 0 N–H and O–H groups in total. The molecule has 1 aromatic carbocycles. The fourth-order valence-electron chi connectivity index (χ4n) is 2.96. The van der Waals surface area contributed by atoms with Crippen molar-refractivity contribution in [2.75, 3.05) is 18.1 Å². The fraction of sp³-hybridized carbons (Fsp3) is 0.727. The molecule has 2 rings (SSSR count). The van der Waals surface area contributed by atoms with Crippen molar-refractivity contribution in [3.63, 3.8) is 0 Å². The molecule has 5 heteroatoms. The number of benzene rings is 1. The molecule has 0 radical (unpaired) electrons. The number of hydrogen-bond acceptors (Lipinski definition) is 4. The van der Waals surface area contributed by atoms with E-state index >= 15 is 0 Å². The van der Waals surface area contributed by atoms with Gasteiger partial charge in [-0.3, -0.25) is 0 Å². The molecule has 0 aromatic heterocycles. The van der Waals surface area contributed by atoms with Crippen molar-refractivity contribution < 1.29 is 9.16 Å². The van der Waals surface area contributed by atoms with Crippen molar-refractivity contribution in [1.29, 1.82) is 0 Å². The Hall–Kier alpha value is 0.0569. The van der Waals surface area contributed by atoms with Gasteiger partial charge in [-0.1, -0.05) is 58.0 Å². The van der Waals surface area contributed by atoms with Gasteiger partial charge in [0, 0.05) is 5.41 Å². The van der Waals surface area contributed by atoms with Crippen LogP contribution in [0.2, 0.25) is 18.1 Å². The predicted octanol–water partition coefficient (Wildman–Crippen LogP) is 6.82. The molecular formula is C22H38O2S2Si. The first-order valence-corrected chi connectivity index (χ1v) is 15.1. The van der Waals surface area contributed by atoms with Crippen molar-refractivity contribution in [3.8, 4) is 0 Å². The maximum atomic E-state index is 6.86. The van der Waals surface area contributed by atoms with Crippen LogP contribution in [-0.4, -0.2) is 37.1 Å². The van der Waals surface area contributed by atoms with E-state index in [2.05, 4.69) is 102 Å². The molecule has 2 atom stereocenters. The highest BCUT2D eigenvalue weighted by atomic mass is 32.2. The normalized spacial score (nSPS) is 20.3. The van der Waals surface area contributed by atoms with Crippen molar-refractivity contribution in [2.45, 2.75) is 76.5 Å². The molecule has 1 heterocycles. The van der Waals surface area contributed by atoms with Gasteiger partial charge in [0.05, 0.1) is 23.9 Å². The van der Waals surface area contributed by atoms with Crippen LogP contribution >= 0.6 is 23.5 Å². The zero-order valence-electron chi connectivity index (χ0n) is 18.2. The smallest absolute Gasteiger partial charge is 0.192 e. The molecule has 0 spiro atoms. The summed E-state index contributed by atoms with van der Waals surface area (Å²) < 4.78 is 13.7. The van der Waals surface area contributed by atoms with Gasteiger partial charge in [-0.05, 0) is 48.5 Å². The van der Waals surface area contributed by atoms with Crippen LogP contribution < -0.4 is 0 Å². The lowest BCUT2D eigenvalue weighted by atomic mass is 9.88. The van der Waals surface area contributed by atoms with E-state index in [9.17, 15) is 0 Å². The van der Waals surface area contributed by atoms with Gasteiger partial charge in [0.2, 0.25) is 0 Å². The molecule has 0 unspecified atom stereocenters. The Morgan fingerprint density at radius 1 is 1.07 bits per heavy atom. The van der Waals surface area contributed by atoms with Crippen molar-refractivity contribution in [1.82, 2.24) is 0 Å². The molecule has 1 aromatic rings. The standard InChI is InChI=1S/C22H38O2S2Si/c1-18(24-27(6,7)21(2,3)4)22(5,20-25-14-11-15-26-20)17-23-16-19-12-9-8-10-13-19/h8-10,12-13,18,20H,11,14-17H2,1-7H3/t18-,22-/m1/s1. The summed E-state index contributed by atoms with van der Waals surface area (Å²) in [4.78, 5) is 0. The lowest BCUT2D eigenvalue weighted by molar-refractivity contribution is -0.0165. The Morgan fingerprint density at radius 2 is 1.67 bits per heavy atom. The van der Waals surface area contributed by atoms with E-state index in [1.165, 1.54) is 23.5 Å². The third-order valence-electron chi connectivity index (χ3n) is 6.10. The number of thioether (sulfide) groups is 2. The van der Waals surface area contributed by atoms with E-state index in [0.717, 1.165) is 6.61 Å². The lowest BCUT2D eigenvalue weighted by Gasteiger charge is -2.47. The van der Waals surface area contributed by atoms with E-state index < -0.39 is 8.32 Å². The average molecular weight is 427 g/mol. The first-order chi connectivity index (χ1) is 12.6. The number of rotatable bonds is 8. The van der Waals surface area contributed by atoms with Gasteiger partial charge in [0.15, 0.2) is 8.32 Å². The van der Waals surface area contributed by atoms with Gasteiger partial charge >= 0.3 is 0 Å². The van der Waals surface area contributed by atoms with Crippen LogP contribution in [0.4, 0.5) is 0 Å². The minimum absolute atomic E-state index is 0.0000533. The maximum absolute atomic E-state index is 6.86. The summed E-state index contributed by atoms with van der Waals surface area (Å²) in [7, 11) is -1.82. The van der Waals surface area contributed by atoms with Crippen LogP contribution in [0.3, 0.4) is 0 Å². The highest BCUT2D eigenvalue weighted by Gasteiger charge is 2.46. The molecular weight excluding hydrogens is 388 g/mol. The second-order valence-corrected chi connectivity index (χ2v) is 16.9. The molecule has 1 aliphatic rings. The Labute approximate surface area is 176 Å². The summed E-state index contributed by atoms with van der Waals surface area (Å²) in [6, 6.07) is 10.5. The summed E-state index contributed by atoms with van der Waals surface area (Å²) >= 11 is 4.19. The van der Waals surface area contributed by atoms with Crippen LogP contribution in [0.15, 0.2) is 30.3 Å². The second-order valence-electron chi connectivity index (χ2n) is 9.43. The van der Waals surface area contributed by atoms with Gasteiger partial charge in [-0.25, -0.2) is 0 Å². The van der Waals surface area contributed by atoms with Crippen molar-refractivity contribution >= 4 is 31.8 Å². The van der Waals surface area contributed by atoms with Gasteiger partial charge in [0.25, 0.3) is 0 Å². The quantitative estimate of drug-likeness (QED) is 0.424. The molecule has 0 saturated carbocycles. The Kier molecular flexibility index (Phi) is 8.39. The molecule has 27 heavy (non-hydrogen) atoms. The van der Waals surface area contributed by atoms with Gasteiger partial charge < -0.3 is 9.16 Å². The summed E-state index contributed by atoms with van der Waals surface area (Å²) in [6.45, 7) is 17.7. The first kappa shape index (κ1) is 23.3. The summed E-state index contributed by atoms with van der Waals surface area (Å²) in [5.41, 5.74) is 1.24. The molecule has 2 nitrogen and oxygen atoms in total. The molecule has 0 amide bonds. The molecule has 154 valence electrons. The van der Waals surface area contributed by atoms with E-state index in [0.29, 0.717) is 11.2 Å². The first-order valence-electron chi connectivity index (χ1n) is 10.1. The SMILES string of the molecule is C[C@@H](O[Si](C)(C)C(C)(C)C)[C@@](C)(COCc1ccccc1)C1SCCCS1. The highest BCUT2D eigenvalue weighted by molar-refractivity contribution is 8.17. The van der Waals surface area contributed by atoms with Gasteiger partial charge in [-0.2, -0.15) is 0 Å². The fourth-order valence-corrected chi connectivity index (χ4v) is 7.94. The molecule has 0 aliphatic carbocycles. The Bertz CT molecular complexity index is 567. The van der Waals surface area contributed by atoms with E-state index in [4.69, 9.17) is 9.16 Å². The molecule has 1 aliphatic heterocycles. The Morgan fingerprint density at radius 3 is 2.22 bits per heavy atom. The molecule has 0 bridgehead atoms. The van der Waals surface area contributed by atoms with Crippen LogP contribution in [-0.2, 0) is 15.8 Å². The topological polar surface area (TPSA) is 18.5 Å². The van der Waals surface area contributed by atoms with E-state index in [1.807, 2.05) is 0 Å². The molecule has 1 fully saturated rings. The zero-order valence-corrected chi connectivity index (χ0v) is 20.8. The summed E-state index contributed by atoms with van der Waals surface area (Å²) in [5, 5.41) is 0.222. The maximum Gasteiger partial charge on any atom is 0.192 e. The largest absolute Gasteiger partial charge is 0.414 e. The predicted molar refractivity (Wildman–Crippen MR) is 125 cm³/mol. The third kappa shape index (κ3) is 6.27. The summed E-state index contributed by atoms with van der Waals surface area (Å²) in [6.07, 6.45) is 1.49. The Balaban J connectivity index is 2.11. The van der Waals surface area contributed by atoms with Gasteiger partial charge in [-0.15, -0.1) is 23.5 Å². The molecule has 1 saturated heterocycles. The van der Waals surface area contributed by atoms with Crippen LogP contribution in [0, 0.1) is 5.41 Å². The number of ether oxygens (including phenoxy) is 1. The highest BCUT2D eigenvalue weighted by Crippen LogP contribution is 2.48. The van der Waals surface area contributed by atoms with Gasteiger partial charge in [0.1, 0.15) is 0 Å². The van der Waals surface area contributed by atoms with Crippen molar-refractivity contribution in [3.05, 3.63) is 35.9 Å². The van der Waals surface area contributed by atoms with E-state index in [1.54, 1.807) is 0 Å². The van der Waals surface area contributed by atoms with E-state index in [-0.39, 0.29) is 16.6 Å². The van der Waals surface area contributed by atoms with Crippen molar-refractivity contribution in [2.24, 2.45) is 5.41 Å². The zero-order chi connectivity index (χ0) is 20.1. The minimum atomic E-state index is -1.82. The minimum Gasteiger partial charge on any atom is -0.414 e. The van der Waals surface area contributed by atoms with Crippen LogP contribution in [0.25, 0.3) is 0 Å². The monoisotopic (exact) mass is 426 g/mol. The summed E-state index contributed by atoms with van der Waals surface area (Å²) in [5.74, 6) is 2.50. The number of hydrogen-bond donors (Lipinski definition) is 0. The lowest BCUT2D eigenvalue weighted by Crippen LogP contribution is -2.52. The third-order valence-corrected chi connectivity index (χ3v) is 14.2.